The van der Waals surface area contributed by atoms with Crippen molar-refractivity contribution in [3.63, 3.8) is 0 Å². The molecule has 1 rings (SSSR count). The maximum Gasteiger partial charge on any atom is 0.310 e. The van der Waals surface area contributed by atoms with Crippen LogP contribution < -0.4 is 10.6 Å². The number of ether oxygens (including phenoxy) is 1. The Hall–Kier alpha value is -1.38. The number of esters is 1. The van der Waals surface area contributed by atoms with Gasteiger partial charge in [0.15, 0.2) is 5.96 Å². The highest BCUT2D eigenvalue weighted by Crippen LogP contribution is 2.10. The molecule has 0 aromatic heterocycles. The van der Waals surface area contributed by atoms with Crippen molar-refractivity contribution < 1.29 is 13.9 Å². The van der Waals surface area contributed by atoms with E-state index < -0.39 is 0 Å². The fourth-order valence-electron chi connectivity index (χ4n) is 2.10. The molecule has 0 spiro atoms. The Morgan fingerprint density at radius 1 is 1.38 bits per heavy atom. The predicted octanol–water partition coefficient (Wildman–Crippen LogP) is 2.66. The molecule has 0 heterocycles. The molecule has 0 amide bonds. The van der Waals surface area contributed by atoms with Gasteiger partial charge >= 0.3 is 5.97 Å². The van der Waals surface area contributed by atoms with Crippen LogP contribution in [-0.4, -0.2) is 38.7 Å². The standard InChI is InChI=1S/C17H26FN3O2.HI/c1-5-19-17(21-11-13(3)16(22)23-4)20-9-8-14-6-7-15(18)10-12(14)2;/h6-7,10,13H,5,8-9,11H2,1-4H3,(H2,19,20,21);1H. The minimum atomic E-state index is -0.283. The van der Waals surface area contributed by atoms with Crippen molar-refractivity contribution in [2.24, 2.45) is 10.9 Å². The maximum absolute atomic E-state index is 13.1. The van der Waals surface area contributed by atoms with Crippen LogP contribution in [0.2, 0.25) is 0 Å². The largest absolute Gasteiger partial charge is 0.469 e. The number of halogens is 2. The summed E-state index contributed by atoms with van der Waals surface area (Å²) in [6.07, 6.45) is 0.767. The molecular weight excluding hydrogens is 424 g/mol. The summed E-state index contributed by atoms with van der Waals surface area (Å²) >= 11 is 0. The summed E-state index contributed by atoms with van der Waals surface area (Å²) in [5.74, 6) is -0.115. The number of hydrogen-bond donors (Lipinski definition) is 2. The van der Waals surface area contributed by atoms with E-state index >= 15 is 0 Å². The summed E-state index contributed by atoms with van der Waals surface area (Å²) in [5.41, 5.74) is 2.03. The van der Waals surface area contributed by atoms with E-state index in [4.69, 9.17) is 0 Å². The number of aryl methyl sites for hydroxylation is 1. The molecule has 7 heteroatoms. The highest BCUT2D eigenvalue weighted by molar-refractivity contribution is 14.0. The van der Waals surface area contributed by atoms with Gasteiger partial charge in [0.25, 0.3) is 0 Å². The van der Waals surface area contributed by atoms with Crippen molar-refractivity contribution in [3.05, 3.63) is 35.1 Å². The first-order valence-corrected chi connectivity index (χ1v) is 7.83. The lowest BCUT2D eigenvalue weighted by molar-refractivity contribution is -0.144. The van der Waals surface area contributed by atoms with Crippen LogP contribution in [0.15, 0.2) is 23.2 Å². The molecule has 0 aliphatic carbocycles. The molecule has 1 aromatic carbocycles. The van der Waals surface area contributed by atoms with E-state index in [0.717, 1.165) is 24.1 Å². The summed E-state index contributed by atoms with van der Waals surface area (Å²) in [4.78, 5) is 15.8. The Morgan fingerprint density at radius 2 is 2.08 bits per heavy atom. The smallest absolute Gasteiger partial charge is 0.310 e. The summed E-state index contributed by atoms with van der Waals surface area (Å²) in [5, 5.41) is 6.35. The van der Waals surface area contributed by atoms with E-state index in [0.29, 0.717) is 19.0 Å². The van der Waals surface area contributed by atoms with Crippen molar-refractivity contribution in [3.8, 4) is 0 Å². The lowest BCUT2D eigenvalue weighted by Crippen LogP contribution is -2.39. The third kappa shape index (κ3) is 7.94. The van der Waals surface area contributed by atoms with Crippen LogP contribution in [0.25, 0.3) is 0 Å². The zero-order valence-corrected chi connectivity index (χ0v) is 17.0. The van der Waals surface area contributed by atoms with Gasteiger partial charge in [-0.3, -0.25) is 9.79 Å². The predicted molar refractivity (Wildman–Crippen MR) is 105 cm³/mol. The summed E-state index contributed by atoms with van der Waals surface area (Å²) in [7, 11) is 1.37. The second-order valence-electron chi connectivity index (χ2n) is 5.39. The second-order valence-corrected chi connectivity index (χ2v) is 5.39. The molecule has 0 saturated carbocycles. The monoisotopic (exact) mass is 451 g/mol. The van der Waals surface area contributed by atoms with E-state index in [1.807, 2.05) is 13.8 Å². The number of carbonyl (C=O) groups is 1. The zero-order valence-electron chi connectivity index (χ0n) is 14.7. The SMILES string of the molecule is CCNC(=NCC(C)C(=O)OC)NCCc1ccc(F)cc1C.I. The van der Waals surface area contributed by atoms with Crippen LogP contribution in [0, 0.1) is 18.7 Å². The fourth-order valence-corrected chi connectivity index (χ4v) is 2.10. The molecule has 0 saturated heterocycles. The van der Waals surface area contributed by atoms with Gasteiger partial charge < -0.3 is 15.4 Å². The maximum atomic E-state index is 13.1. The Labute approximate surface area is 160 Å². The average molecular weight is 451 g/mol. The van der Waals surface area contributed by atoms with E-state index in [1.165, 1.54) is 19.2 Å². The molecule has 0 aliphatic heterocycles. The van der Waals surface area contributed by atoms with Crippen LogP contribution in [0.3, 0.4) is 0 Å². The third-order valence-electron chi connectivity index (χ3n) is 3.46. The highest BCUT2D eigenvalue weighted by atomic mass is 127. The summed E-state index contributed by atoms with van der Waals surface area (Å²) < 4.78 is 17.8. The van der Waals surface area contributed by atoms with E-state index in [2.05, 4.69) is 20.4 Å². The van der Waals surface area contributed by atoms with Gasteiger partial charge in [-0.1, -0.05) is 13.0 Å². The van der Waals surface area contributed by atoms with Crippen molar-refractivity contribution in [2.75, 3.05) is 26.7 Å². The Bertz CT molecular complexity index is 553. The number of nitrogens with one attached hydrogen (secondary N) is 2. The van der Waals surface area contributed by atoms with Gasteiger partial charge in [0.2, 0.25) is 0 Å². The quantitative estimate of drug-likeness (QED) is 0.290. The molecular formula is C17H27FIN3O2. The number of rotatable bonds is 7. The molecule has 24 heavy (non-hydrogen) atoms. The zero-order chi connectivity index (χ0) is 17.2. The number of aliphatic imine (C=N–C) groups is 1. The van der Waals surface area contributed by atoms with Crippen LogP contribution in [0.4, 0.5) is 4.39 Å². The van der Waals surface area contributed by atoms with Gasteiger partial charge in [-0.05, 0) is 43.5 Å². The van der Waals surface area contributed by atoms with Crippen molar-refractivity contribution in [1.29, 1.82) is 0 Å². The number of benzene rings is 1. The number of hydrogen-bond acceptors (Lipinski definition) is 3. The number of carbonyl (C=O) groups excluding carboxylic acids is 1. The van der Waals surface area contributed by atoms with Crippen LogP contribution in [-0.2, 0) is 16.0 Å². The fraction of sp³-hybridized carbons (Fsp3) is 0.529. The number of methoxy groups -OCH3 is 1. The molecule has 136 valence electrons. The van der Waals surface area contributed by atoms with Crippen LogP contribution in [0.5, 0.6) is 0 Å². The molecule has 1 atom stereocenters. The lowest BCUT2D eigenvalue weighted by Gasteiger charge is -2.13. The molecule has 1 unspecified atom stereocenters. The van der Waals surface area contributed by atoms with E-state index in [9.17, 15) is 9.18 Å². The highest BCUT2D eigenvalue weighted by Gasteiger charge is 2.12. The first-order chi connectivity index (χ1) is 11.0. The van der Waals surface area contributed by atoms with Gasteiger partial charge in [-0.15, -0.1) is 24.0 Å². The summed E-state index contributed by atoms with van der Waals surface area (Å²) in [6, 6.07) is 4.81. The van der Waals surface area contributed by atoms with Crippen LogP contribution >= 0.6 is 24.0 Å². The first-order valence-electron chi connectivity index (χ1n) is 7.83. The van der Waals surface area contributed by atoms with E-state index in [1.54, 1.807) is 13.0 Å². The van der Waals surface area contributed by atoms with Gasteiger partial charge in [0, 0.05) is 13.1 Å². The molecule has 0 bridgehead atoms. The van der Waals surface area contributed by atoms with Crippen LogP contribution in [0.1, 0.15) is 25.0 Å². The van der Waals surface area contributed by atoms with Crippen molar-refractivity contribution >= 4 is 35.9 Å². The van der Waals surface area contributed by atoms with Gasteiger partial charge in [-0.2, -0.15) is 0 Å². The van der Waals surface area contributed by atoms with Gasteiger partial charge in [0.05, 0.1) is 19.6 Å². The molecule has 0 fully saturated rings. The van der Waals surface area contributed by atoms with Crippen molar-refractivity contribution in [1.82, 2.24) is 10.6 Å². The van der Waals surface area contributed by atoms with Crippen molar-refractivity contribution in [2.45, 2.75) is 27.2 Å². The number of nitrogens with zero attached hydrogens (tertiary/aromatic N) is 1. The second kappa shape index (κ2) is 12.0. The lowest BCUT2D eigenvalue weighted by atomic mass is 10.1. The topological polar surface area (TPSA) is 62.7 Å². The molecule has 2 N–H and O–H groups in total. The Balaban J connectivity index is 0.00000529. The number of guanidine groups is 1. The minimum absolute atomic E-state index is 0. The molecule has 1 aromatic rings. The molecule has 0 radical (unpaired) electrons. The Morgan fingerprint density at radius 3 is 2.67 bits per heavy atom. The third-order valence-corrected chi connectivity index (χ3v) is 3.46. The minimum Gasteiger partial charge on any atom is -0.469 e. The van der Waals surface area contributed by atoms with Gasteiger partial charge in [-0.25, -0.2) is 4.39 Å². The molecule has 0 aliphatic rings. The Kier molecular flexibility index (Phi) is 11.4. The summed E-state index contributed by atoms with van der Waals surface area (Å²) in [6.45, 7) is 7.41. The van der Waals surface area contributed by atoms with E-state index in [-0.39, 0.29) is 41.7 Å². The molecule has 5 nitrogen and oxygen atoms in total. The average Bonchev–Trinajstić information content (AvgIpc) is 2.53. The first kappa shape index (κ1) is 22.6. The van der Waals surface area contributed by atoms with Gasteiger partial charge in [0.1, 0.15) is 5.82 Å². The normalized spacial score (nSPS) is 12.1.